The highest BCUT2D eigenvalue weighted by molar-refractivity contribution is 6.34. The summed E-state index contributed by atoms with van der Waals surface area (Å²) in [5.74, 6) is 0. The second kappa shape index (κ2) is 9.11. The van der Waals surface area contributed by atoms with Gasteiger partial charge in [-0.2, -0.15) is 0 Å². The molecule has 1 aliphatic heterocycles. The van der Waals surface area contributed by atoms with Gasteiger partial charge in [0.1, 0.15) is 0 Å². The molecule has 2 rings (SSSR count). The average molecular weight is 340 g/mol. The maximum Gasteiger partial charge on any atom is 0.319 e. The van der Waals surface area contributed by atoms with Gasteiger partial charge in [-0.1, -0.05) is 23.7 Å². The van der Waals surface area contributed by atoms with Gasteiger partial charge in [-0.3, -0.25) is 4.90 Å². The summed E-state index contributed by atoms with van der Waals surface area (Å²) in [6.07, 6.45) is 4.20. The average Bonchev–Trinajstić information content (AvgIpc) is 2.99. The van der Waals surface area contributed by atoms with Crippen LogP contribution in [-0.4, -0.2) is 48.3 Å². The Hall–Kier alpha value is -1.30. The lowest BCUT2D eigenvalue weighted by atomic mass is 10.2. The van der Waals surface area contributed by atoms with E-state index in [1.54, 1.807) is 6.07 Å². The summed E-state index contributed by atoms with van der Waals surface area (Å²) in [7, 11) is 0. The van der Waals surface area contributed by atoms with Gasteiger partial charge >= 0.3 is 6.03 Å². The quantitative estimate of drug-likeness (QED) is 0.669. The van der Waals surface area contributed by atoms with E-state index in [2.05, 4.69) is 15.5 Å². The fourth-order valence-electron chi connectivity index (χ4n) is 2.95. The third-order valence-corrected chi connectivity index (χ3v) is 4.81. The number of aryl methyl sites for hydroxylation is 1. The molecule has 0 spiro atoms. The van der Waals surface area contributed by atoms with E-state index < -0.39 is 0 Å². The molecule has 1 saturated heterocycles. The van der Waals surface area contributed by atoms with E-state index in [1.807, 2.05) is 19.1 Å². The molecule has 0 aliphatic carbocycles. The number of anilines is 1. The van der Waals surface area contributed by atoms with E-state index >= 15 is 0 Å². The fraction of sp³-hybridized carbons (Fsp3) is 0.588. The third-order valence-electron chi connectivity index (χ3n) is 4.31. The topological polar surface area (TPSA) is 64.6 Å². The number of aliphatic hydroxyl groups excluding tert-OH is 1. The largest absolute Gasteiger partial charge is 0.395 e. The van der Waals surface area contributed by atoms with E-state index in [0.29, 0.717) is 23.3 Å². The van der Waals surface area contributed by atoms with Crippen LogP contribution in [0.15, 0.2) is 18.2 Å². The van der Waals surface area contributed by atoms with Crippen LogP contribution in [0, 0.1) is 6.92 Å². The second-order valence-corrected chi connectivity index (χ2v) is 6.42. The van der Waals surface area contributed by atoms with Gasteiger partial charge in [-0.15, -0.1) is 0 Å². The minimum Gasteiger partial charge on any atom is -0.395 e. The molecule has 0 saturated carbocycles. The molecule has 1 aromatic rings. The smallest absolute Gasteiger partial charge is 0.319 e. The molecule has 0 aromatic heterocycles. The van der Waals surface area contributed by atoms with Crippen LogP contribution in [-0.2, 0) is 0 Å². The monoisotopic (exact) mass is 339 g/mol. The minimum absolute atomic E-state index is 0.230. The number of benzene rings is 1. The summed E-state index contributed by atoms with van der Waals surface area (Å²) < 4.78 is 0. The first-order valence-corrected chi connectivity index (χ1v) is 8.64. The summed E-state index contributed by atoms with van der Waals surface area (Å²) in [6.45, 7) is 4.84. The van der Waals surface area contributed by atoms with E-state index in [9.17, 15) is 9.90 Å². The first-order valence-electron chi connectivity index (χ1n) is 8.26. The molecule has 1 atom stereocenters. The number of urea groups is 1. The van der Waals surface area contributed by atoms with Crippen molar-refractivity contribution in [2.75, 3.05) is 31.6 Å². The van der Waals surface area contributed by atoms with Crippen LogP contribution in [0.5, 0.6) is 0 Å². The third kappa shape index (κ3) is 5.37. The summed E-state index contributed by atoms with van der Waals surface area (Å²) in [6, 6.07) is 5.66. The number of nitrogens with one attached hydrogen (secondary N) is 2. The zero-order chi connectivity index (χ0) is 16.7. The summed E-state index contributed by atoms with van der Waals surface area (Å²) >= 11 is 6.15. The first-order chi connectivity index (χ1) is 11.1. The molecule has 1 heterocycles. The molecule has 128 valence electrons. The van der Waals surface area contributed by atoms with Gasteiger partial charge < -0.3 is 15.7 Å². The Labute approximate surface area is 143 Å². The molecular formula is C17H26ClN3O2. The van der Waals surface area contributed by atoms with Crippen LogP contribution in [0.25, 0.3) is 0 Å². The maximum absolute atomic E-state index is 11.9. The Morgan fingerprint density at radius 3 is 3.04 bits per heavy atom. The Kier molecular flexibility index (Phi) is 7.15. The molecule has 6 heteroatoms. The maximum atomic E-state index is 11.9. The number of carbonyl (C=O) groups excluding carboxylic acids is 1. The first kappa shape index (κ1) is 18.0. The predicted molar refractivity (Wildman–Crippen MR) is 94.1 cm³/mol. The van der Waals surface area contributed by atoms with E-state index in [4.69, 9.17) is 11.6 Å². The number of amides is 2. The lowest BCUT2D eigenvalue weighted by molar-refractivity contribution is 0.157. The molecule has 5 nitrogen and oxygen atoms in total. The Morgan fingerprint density at radius 1 is 1.43 bits per heavy atom. The van der Waals surface area contributed by atoms with Crippen LogP contribution in [0.3, 0.4) is 0 Å². The number of hydrogen-bond donors (Lipinski definition) is 3. The molecule has 1 unspecified atom stereocenters. The van der Waals surface area contributed by atoms with Gasteiger partial charge in [0.15, 0.2) is 0 Å². The SMILES string of the molecule is Cc1cccc(NC(=O)NCCCCN2CCCC2CO)c1Cl. The van der Waals surface area contributed by atoms with E-state index in [1.165, 1.54) is 6.42 Å². The minimum atomic E-state index is -0.230. The van der Waals surface area contributed by atoms with Gasteiger partial charge in [0, 0.05) is 12.6 Å². The van der Waals surface area contributed by atoms with Crippen molar-refractivity contribution in [3.8, 4) is 0 Å². The van der Waals surface area contributed by atoms with Crippen molar-refractivity contribution in [2.24, 2.45) is 0 Å². The molecule has 23 heavy (non-hydrogen) atoms. The zero-order valence-corrected chi connectivity index (χ0v) is 14.4. The number of rotatable bonds is 7. The summed E-state index contributed by atoms with van der Waals surface area (Å²) in [4.78, 5) is 14.2. The number of unbranched alkanes of at least 4 members (excludes halogenated alkanes) is 1. The van der Waals surface area contributed by atoms with Crippen molar-refractivity contribution in [2.45, 2.75) is 38.6 Å². The second-order valence-electron chi connectivity index (χ2n) is 6.04. The van der Waals surface area contributed by atoms with Crippen molar-refractivity contribution in [1.82, 2.24) is 10.2 Å². The Morgan fingerprint density at radius 2 is 2.26 bits per heavy atom. The molecule has 0 bridgehead atoms. The standard InChI is InChI=1S/C17H26ClN3O2/c1-13-6-4-8-15(16(13)18)20-17(23)19-9-2-3-10-21-11-5-7-14(21)12-22/h4,6,8,14,22H,2-3,5,7,9-12H2,1H3,(H2,19,20,23). The van der Waals surface area contributed by atoms with Gasteiger partial charge in [-0.25, -0.2) is 4.79 Å². The molecular weight excluding hydrogens is 314 g/mol. The van der Waals surface area contributed by atoms with Gasteiger partial charge in [0.05, 0.1) is 17.3 Å². The Balaban J connectivity index is 1.62. The van der Waals surface area contributed by atoms with Crippen molar-refractivity contribution < 1.29 is 9.90 Å². The molecule has 3 N–H and O–H groups in total. The van der Waals surface area contributed by atoms with Crippen LogP contribution in [0.4, 0.5) is 10.5 Å². The zero-order valence-electron chi connectivity index (χ0n) is 13.6. The Bertz CT molecular complexity index is 525. The number of aliphatic hydroxyl groups is 1. The highest BCUT2D eigenvalue weighted by Crippen LogP contribution is 2.24. The van der Waals surface area contributed by atoms with Crippen LogP contribution in [0.1, 0.15) is 31.2 Å². The fourth-order valence-corrected chi connectivity index (χ4v) is 3.12. The van der Waals surface area contributed by atoms with Gasteiger partial charge in [0.25, 0.3) is 0 Å². The summed E-state index contributed by atoms with van der Waals surface area (Å²) in [5.41, 5.74) is 1.57. The number of likely N-dealkylation sites (tertiary alicyclic amines) is 1. The van der Waals surface area contributed by atoms with Crippen molar-refractivity contribution in [3.63, 3.8) is 0 Å². The number of nitrogens with zero attached hydrogens (tertiary/aromatic N) is 1. The van der Waals surface area contributed by atoms with Crippen molar-refractivity contribution in [1.29, 1.82) is 0 Å². The van der Waals surface area contributed by atoms with Crippen molar-refractivity contribution >= 4 is 23.3 Å². The predicted octanol–water partition coefficient (Wildman–Crippen LogP) is 3.01. The molecule has 2 amide bonds. The lowest BCUT2D eigenvalue weighted by Gasteiger charge is -2.22. The van der Waals surface area contributed by atoms with Crippen LogP contribution >= 0.6 is 11.6 Å². The lowest BCUT2D eigenvalue weighted by Crippen LogP contribution is -2.34. The normalized spacial score (nSPS) is 18.1. The molecule has 1 aliphatic rings. The van der Waals surface area contributed by atoms with Gasteiger partial charge in [0.2, 0.25) is 0 Å². The van der Waals surface area contributed by atoms with Crippen LogP contribution < -0.4 is 10.6 Å². The molecule has 0 radical (unpaired) electrons. The molecule has 1 fully saturated rings. The number of halogens is 1. The highest BCUT2D eigenvalue weighted by Gasteiger charge is 2.22. The molecule has 1 aromatic carbocycles. The van der Waals surface area contributed by atoms with Crippen LogP contribution in [0.2, 0.25) is 5.02 Å². The van der Waals surface area contributed by atoms with Crippen molar-refractivity contribution in [3.05, 3.63) is 28.8 Å². The number of carbonyl (C=O) groups is 1. The van der Waals surface area contributed by atoms with E-state index in [-0.39, 0.29) is 12.6 Å². The highest BCUT2D eigenvalue weighted by atomic mass is 35.5. The van der Waals surface area contributed by atoms with Gasteiger partial charge in [-0.05, 0) is 57.3 Å². The number of hydrogen-bond acceptors (Lipinski definition) is 3. The van der Waals surface area contributed by atoms with E-state index in [0.717, 1.165) is 37.9 Å². The summed E-state index contributed by atoms with van der Waals surface area (Å²) in [5, 5.41) is 15.5.